The number of carbonyl (C=O) groups is 1. The fourth-order valence-corrected chi connectivity index (χ4v) is 2.59. The number of hydrogen-bond donors (Lipinski definition) is 1. The van der Waals surface area contributed by atoms with E-state index in [0.29, 0.717) is 0 Å². The molecule has 0 atom stereocenters. The lowest BCUT2D eigenvalue weighted by molar-refractivity contribution is -0.147. The number of benzene rings is 1. The van der Waals surface area contributed by atoms with Gasteiger partial charge in [-0.2, -0.15) is 0 Å². The second-order valence-corrected chi connectivity index (χ2v) is 4.80. The van der Waals surface area contributed by atoms with Gasteiger partial charge in [0.05, 0.1) is 22.8 Å². The molecule has 88 valence electrons. The first-order valence-corrected chi connectivity index (χ1v) is 5.78. The van der Waals surface area contributed by atoms with Gasteiger partial charge in [0.15, 0.2) is 0 Å². The maximum atomic E-state index is 11.4. The molecule has 0 unspecified atom stereocenters. The molecular weight excluding hydrogens is 216 g/mol. The average molecular weight is 230 g/mol. The van der Waals surface area contributed by atoms with Crippen LogP contribution in [0.25, 0.3) is 11.0 Å². The van der Waals surface area contributed by atoms with Crippen LogP contribution in [0.1, 0.15) is 24.8 Å². The molecule has 1 aromatic carbocycles. The lowest BCUT2D eigenvalue weighted by Crippen LogP contribution is -2.42. The normalized spacial score (nSPS) is 17.9. The van der Waals surface area contributed by atoms with Crippen LogP contribution in [-0.2, 0) is 17.3 Å². The van der Waals surface area contributed by atoms with E-state index in [9.17, 15) is 9.90 Å². The number of fused-ring (bicyclic) bond motifs is 1. The van der Waals surface area contributed by atoms with Crippen molar-refractivity contribution in [3.05, 3.63) is 30.1 Å². The van der Waals surface area contributed by atoms with E-state index in [-0.39, 0.29) is 0 Å². The van der Waals surface area contributed by atoms with Crippen LogP contribution >= 0.6 is 0 Å². The third-order valence-corrected chi connectivity index (χ3v) is 3.89. The first-order chi connectivity index (χ1) is 8.13. The van der Waals surface area contributed by atoms with E-state index in [1.807, 2.05) is 29.8 Å². The number of aromatic nitrogens is 2. The number of carboxylic acid groups (broad SMARTS) is 1. The summed E-state index contributed by atoms with van der Waals surface area (Å²) in [5.74, 6) is -0.709. The average Bonchev–Trinajstić information content (AvgIpc) is 2.58. The summed E-state index contributed by atoms with van der Waals surface area (Å²) < 4.78 is 1.94. The summed E-state index contributed by atoms with van der Waals surface area (Å²) in [5, 5.41) is 9.39. The van der Waals surface area contributed by atoms with Crippen molar-refractivity contribution in [3.63, 3.8) is 0 Å². The molecule has 4 heteroatoms. The molecule has 1 saturated carbocycles. The van der Waals surface area contributed by atoms with Gasteiger partial charge in [-0.3, -0.25) is 4.79 Å². The van der Waals surface area contributed by atoms with Gasteiger partial charge in [0.1, 0.15) is 0 Å². The molecule has 1 heterocycles. The third kappa shape index (κ3) is 1.30. The zero-order valence-corrected chi connectivity index (χ0v) is 9.68. The minimum atomic E-state index is -0.709. The van der Waals surface area contributed by atoms with Gasteiger partial charge in [0.2, 0.25) is 0 Å². The van der Waals surface area contributed by atoms with Gasteiger partial charge in [-0.1, -0.05) is 12.5 Å². The molecular formula is C13H14N2O2. The second-order valence-electron chi connectivity index (χ2n) is 4.80. The standard InChI is InChI=1S/C13H14N2O2/c1-15-8-14-10-7-9(3-4-11(10)15)13(12(16)17)5-2-6-13/h3-4,7-8H,2,5-6H2,1H3,(H,16,17). The number of nitrogens with zero attached hydrogens (tertiary/aromatic N) is 2. The van der Waals surface area contributed by atoms with E-state index >= 15 is 0 Å². The Bertz CT molecular complexity index is 596. The number of rotatable bonds is 2. The number of imidazole rings is 1. The molecule has 0 spiro atoms. The molecule has 1 aromatic heterocycles. The van der Waals surface area contributed by atoms with Crippen LogP contribution in [0.3, 0.4) is 0 Å². The molecule has 1 fully saturated rings. The van der Waals surface area contributed by atoms with E-state index < -0.39 is 11.4 Å². The molecule has 1 aliphatic rings. The fraction of sp³-hybridized carbons (Fsp3) is 0.385. The van der Waals surface area contributed by atoms with Crippen LogP contribution in [0.5, 0.6) is 0 Å². The zero-order valence-electron chi connectivity index (χ0n) is 9.68. The molecule has 0 amide bonds. The van der Waals surface area contributed by atoms with Crippen molar-refractivity contribution in [2.75, 3.05) is 0 Å². The van der Waals surface area contributed by atoms with Crippen molar-refractivity contribution < 1.29 is 9.90 Å². The number of aliphatic carboxylic acids is 1. The van der Waals surface area contributed by atoms with Crippen molar-refractivity contribution in [1.82, 2.24) is 9.55 Å². The van der Waals surface area contributed by atoms with Crippen LogP contribution < -0.4 is 0 Å². The molecule has 0 aliphatic heterocycles. The Morgan fingerprint density at radius 1 is 1.47 bits per heavy atom. The number of hydrogen-bond acceptors (Lipinski definition) is 2. The first-order valence-electron chi connectivity index (χ1n) is 5.78. The van der Waals surface area contributed by atoms with Gasteiger partial charge in [0.25, 0.3) is 0 Å². The van der Waals surface area contributed by atoms with E-state index in [1.54, 1.807) is 6.33 Å². The quantitative estimate of drug-likeness (QED) is 0.859. The Morgan fingerprint density at radius 3 is 2.82 bits per heavy atom. The molecule has 4 nitrogen and oxygen atoms in total. The highest BCUT2D eigenvalue weighted by atomic mass is 16.4. The van der Waals surface area contributed by atoms with E-state index in [2.05, 4.69) is 4.98 Å². The van der Waals surface area contributed by atoms with Crippen LogP contribution in [0, 0.1) is 0 Å². The molecule has 17 heavy (non-hydrogen) atoms. The van der Waals surface area contributed by atoms with Crippen LogP contribution in [0.15, 0.2) is 24.5 Å². The summed E-state index contributed by atoms with van der Waals surface area (Å²) in [7, 11) is 1.94. The summed E-state index contributed by atoms with van der Waals surface area (Å²) in [5.41, 5.74) is 2.14. The largest absolute Gasteiger partial charge is 0.481 e. The number of aryl methyl sites for hydroxylation is 1. The van der Waals surface area contributed by atoms with Gasteiger partial charge in [-0.25, -0.2) is 4.98 Å². The maximum Gasteiger partial charge on any atom is 0.314 e. The summed E-state index contributed by atoms with van der Waals surface area (Å²) in [6.45, 7) is 0. The Kier molecular flexibility index (Phi) is 2.02. The molecule has 0 radical (unpaired) electrons. The summed E-state index contributed by atoms with van der Waals surface area (Å²) in [4.78, 5) is 15.7. The van der Waals surface area contributed by atoms with Crippen LogP contribution in [0.2, 0.25) is 0 Å². The predicted octanol–water partition coefficient (Wildman–Crippen LogP) is 2.08. The molecule has 2 aromatic rings. The highest BCUT2D eigenvalue weighted by Gasteiger charge is 2.45. The summed E-state index contributed by atoms with van der Waals surface area (Å²) >= 11 is 0. The molecule has 0 bridgehead atoms. The topological polar surface area (TPSA) is 55.1 Å². The van der Waals surface area contributed by atoms with Gasteiger partial charge in [0, 0.05) is 7.05 Å². The second kappa shape index (κ2) is 3.32. The van der Waals surface area contributed by atoms with Crippen molar-refractivity contribution in [2.45, 2.75) is 24.7 Å². The van der Waals surface area contributed by atoms with E-state index in [0.717, 1.165) is 35.9 Å². The van der Waals surface area contributed by atoms with E-state index in [4.69, 9.17) is 0 Å². The first kappa shape index (κ1) is 10.3. The van der Waals surface area contributed by atoms with Crippen molar-refractivity contribution in [1.29, 1.82) is 0 Å². The van der Waals surface area contributed by atoms with Crippen LogP contribution in [0.4, 0.5) is 0 Å². The number of carboxylic acids is 1. The Morgan fingerprint density at radius 2 is 2.24 bits per heavy atom. The monoisotopic (exact) mass is 230 g/mol. The van der Waals surface area contributed by atoms with Gasteiger partial charge in [-0.15, -0.1) is 0 Å². The van der Waals surface area contributed by atoms with Crippen molar-refractivity contribution >= 4 is 17.0 Å². The lowest BCUT2D eigenvalue weighted by atomic mass is 9.64. The Balaban J connectivity index is 2.14. The third-order valence-electron chi connectivity index (χ3n) is 3.89. The predicted molar refractivity (Wildman–Crippen MR) is 63.9 cm³/mol. The van der Waals surface area contributed by atoms with Crippen LogP contribution in [-0.4, -0.2) is 20.6 Å². The Hall–Kier alpha value is -1.84. The smallest absolute Gasteiger partial charge is 0.314 e. The lowest BCUT2D eigenvalue weighted by Gasteiger charge is -2.38. The summed E-state index contributed by atoms with van der Waals surface area (Å²) in [6.07, 6.45) is 4.22. The van der Waals surface area contributed by atoms with Crippen molar-refractivity contribution in [3.8, 4) is 0 Å². The molecule has 1 N–H and O–H groups in total. The van der Waals surface area contributed by atoms with Gasteiger partial charge >= 0.3 is 5.97 Å². The minimum Gasteiger partial charge on any atom is -0.481 e. The van der Waals surface area contributed by atoms with E-state index in [1.165, 1.54) is 0 Å². The van der Waals surface area contributed by atoms with Gasteiger partial charge < -0.3 is 9.67 Å². The molecule has 0 saturated heterocycles. The van der Waals surface area contributed by atoms with Gasteiger partial charge in [-0.05, 0) is 30.5 Å². The molecule has 1 aliphatic carbocycles. The molecule has 3 rings (SSSR count). The highest BCUT2D eigenvalue weighted by molar-refractivity contribution is 5.85. The van der Waals surface area contributed by atoms with Crippen molar-refractivity contribution in [2.24, 2.45) is 7.05 Å². The SMILES string of the molecule is Cn1cnc2cc(C3(C(=O)O)CCC3)ccc21. The summed E-state index contributed by atoms with van der Waals surface area (Å²) in [6, 6.07) is 5.81. The zero-order chi connectivity index (χ0) is 12.0. The minimum absolute atomic E-state index is 0.661. The Labute approximate surface area is 98.9 Å². The maximum absolute atomic E-state index is 11.4. The fourth-order valence-electron chi connectivity index (χ4n) is 2.59. The highest BCUT2D eigenvalue weighted by Crippen LogP contribution is 2.44.